The maximum Gasteiger partial charge on any atom is 0.407 e. The van der Waals surface area contributed by atoms with Gasteiger partial charge in [-0.1, -0.05) is 20.8 Å². The minimum Gasteiger partial charge on any atom is -0.453 e. The van der Waals surface area contributed by atoms with Gasteiger partial charge in [-0.3, -0.25) is 19.2 Å². The van der Waals surface area contributed by atoms with Crippen LogP contribution in [0.3, 0.4) is 0 Å². The molecule has 0 bridgehead atoms. The van der Waals surface area contributed by atoms with E-state index >= 15 is 0 Å². The molecule has 0 aromatic heterocycles. The lowest BCUT2D eigenvalue weighted by atomic mass is 9.85. The SMILES string of the molecule is COC(=O)N[C@H](C(=O)N1CC2(C[C@H]1C(=O)N[C@@H](C[C@@H]1CCNC1=O)C(N)=O)SCCS2)C(C)(C)C. The van der Waals surface area contributed by atoms with Gasteiger partial charge >= 0.3 is 6.09 Å². The Bertz CT molecular complexity index is 873. The third-order valence-corrected chi connectivity index (χ3v) is 10.0. The zero-order valence-corrected chi connectivity index (χ0v) is 22.2. The predicted octanol–water partition coefficient (Wildman–Crippen LogP) is 0.0306. The molecule has 0 radical (unpaired) electrons. The molecule has 0 unspecified atom stereocenters. The molecule has 196 valence electrons. The highest BCUT2D eigenvalue weighted by Gasteiger charge is 2.53. The lowest BCUT2D eigenvalue weighted by molar-refractivity contribution is -0.142. The summed E-state index contributed by atoms with van der Waals surface area (Å²) in [5, 5.41) is 8.04. The van der Waals surface area contributed by atoms with Gasteiger partial charge in [-0.05, 0) is 18.3 Å². The highest BCUT2D eigenvalue weighted by molar-refractivity contribution is 8.21. The van der Waals surface area contributed by atoms with Crippen LogP contribution in [0, 0.1) is 11.3 Å². The molecule has 5 N–H and O–H groups in total. The summed E-state index contributed by atoms with van der Waals surface area (Å²) in [5.74, 6) is -0.364. The molecule has 5 amide bonds. The fourth-order valence-corrected chi connectivity index (χ4v) is 7.93. The van der Waals surface area contributed by atoms with E-state index in [1.54, 1.807) is 23.5 Å². The number of carbonyl (C=O) groups is 5. The first kappa shape index (κ1) is 27.4. The van der Waals surface area contributed by atoms with Crippen LogP contribution in [-0.4, -0.2) is 88.5 Å². The summed E-state index contributed by atoms with van der Waals surface area (Å²) in [4.78, 5) is 64.8. The van der Waals surface area contributed by atoms with Crippen LogP contribution in [0.5, 0.6) is 0 Å². The van der Waals surface area contributed by atoms with E-state index in [1.165, 1.54) is 12.0 Å². The molecule has 1 spiro atoms. The zero-order chi connectivity index (χ0) is 26.0. The Morgan fingerprint density at radius 2 is 1.89 bits per heavy atom. The van der Waals surface area contributed by atoms with E-state index in [1.807, 2.05) is 20.8 Å². The molecule has 3 fully saturated rings. The molecular weight excluding hydrogens is 494 g/mol. The topological polar surface area (TPSA) is 160 Å². The van der Waals surface area contributed by atoms with Gasteiger partial charge in [0.05, 0.1) is 11.2 Å². The first-order valence-electron chi connectivity index (χ1n) is 11.7. The predicted molar refractivity (Wildman–Crippen MR) is 133 cm³/mol. The molecule has 13 heteroatoms. The number of nitrogens with zero attached hydrogens (tertiary/aromatic N) is 1. The summed E-state index contributed by atoms with van der Waals surface area (Å²) in [5.41, 5.74) is 4.91. The third-order valence-electron chi connectivity index (χ3n) is 6.59. The summed E-state index contributed by atoms with van der Waals surface area (Å²) in [7, 11) is 1.22. The number of nitrogens with one attached hydrogen (secondary N) is 3. The van der Waals surface area contributed by atoms with E-state index in [0.717, 1.165) is 11.5 Å². The van der Waals surface area contributed by atoms with Crippen molar-refractivity contribution in [3.8, 4) is 0 Å². The zero-order valence-electron chi connectivity index (χ0n) is 20.5. The fraction of sp³-hybridized carbons (Fsp3) is 0.773. The first-order chi connectivity index (χ1) is 16.4. The lowest BCUT2D eigenvalue weighted by Gasteiger charge is -2.35. The molecule has 3 rings (SSSR count). The molecular formula is C22H35N5O6S2. The second-order valence-electron chi connectivity index (χ2n) is 10.2. The Balaban J connectivity index is 1.83. The van der Waals surface area contributed by atoms with Gasteiger partial charge in [-0.2, -0.15) is 0 Å². The van der Waals surface area contributed by atoms with Crippen LogP contribution < -0.4 is 21.7 Å². The minimum atomic E-state index is -1.03. The van der Waals surface area contributed by atoms with Gasteiger partial charge in [-0.15, -0.1) is 23.5 Å². The quantitative estimate of drug-likeness (QED) is 0.359. The molecule has 3 heterocycles. The van der Waals surface area contributed by atoms with E-state index in [9.17, 15) is 24.0 Å². The molecule has 0 aliphatic carbocycles. The number of ether oxygens (including phenoxy) is 1. The van der Waals surface area contributed by atoms with Crippen LogP contribution in [0.1, 0.15) is 40.0 Å². The largest absolute Gasteiger partial charge is 0.453 e. The summed E-state index contributed by atoms with van der Waals surface area (Å²) < 4.78 is 4.38. The van der Waals surface area contributed by atoms with Crippen molar-refractivity contribution < 1.29 is 28.7 Å². The lowest BCUT2D eigenvalue weighted by Crippen LogP contribution is -2.59. The van der Waals surface area contributed by atoms with Crippen molar-refractivity contribution in [3.05, 3.63) is 0 Å². The summed E-state index contributed by atoms with van der Waals surface area (Å²) >= 11 is 3.43. The highest BCUT2D eigenvalue weighted by Crippen LogP contribution is 2.52. The molecule has 4 atom stereocenters. The first-order valence-corrected chi connectivity index (χ1v) is 13.6. The standard InChI is InChI=1S/C22H35N5O6S2/c1-21(2,3)15(26-20(32)33-4)19(31)27-11-22(34-7-8-35-22)10-14(27)18(30)25-13(16(23)28)9-12-5-6-24-17(12)29/h12-15H,5-11H2,1-4H3,(H2,23,28)(H,24,29)(H,25,30)(H,26,32)/t12-,13-,14-,15+/m0/s1. The Morgan fingerprint density at radius 3 is 2.40 bits per heavy atom. The number of hydrogen-bond acceptors (Lipinski definition) is 8. The minimum absolute atomic E-state index is 0.108. The van der Waals surface area contributed by atoms with E-state index < -0.39 is 47.4 Å². The van der Waals surface area contributed by atoms with Crippen molar-refractivity contribution in [1.29, 1.82) is 0 Å². The Labute approximate surface area is 213 Å². The monoisotopic (exact) mass is 529 g/mol. The Hall–Kier alpha value is -2.15. The van der Waals surface area contributed by atoms with Crippen molar-refractivity contribution in [2.45, 2.75) is 62.2 Å². The normalized spacial score (nSPS) is 25.1. The van der Waals surface area contributed by atoms with Crippen LogP contribution in [0.25, 0.3) is 0 Å². The van der Waals surface area contributed by atoms with Crippen molar-refractivity contribution >= 4 is 53.2 Å². The van der Waals surface area contributed by atoms with E-state index in [4.69, 9.17) is 10.5 Å². The van der Waals surface area contributed by atoms with E-state index in [-0.39, 0.29) is 22.3 Å². The molecule has 3 aliphatic rings. The molecule has 3 aliphatic heterocycles. The van der Waals surface area contributed by atoms with Gasteiger partial charge in [0, 0.05) is 36.9 Å². The van der Waals surface area contributed by atoms with Crippen molar-refractivity contribution in [2.24, 2.45) is 17.1 Å². The molecule has 11 nitrogen and oxygen atoms in total. The summed E-state index contributed by atoms with van der Waals surface area (Å²) in [6.45, 7) is 6.32. The average Bonchev–Trinajstić information content (AvgIpc) is 3.51. The smallest absolute Gasteiger partial charge is 0.407 e. The maximum absolute atomic E-state index is 13.8. The van der Waals surface area contributed by atoms with Crippen LogP contribution in [0.4, 0.5) is 4.79 Å². The summed E-state index contributed by atoms with van der Waals surface area (Å²) in [6, 6.07) is -2.80. The Morgan fingerprint density at radius 1 is 1.23 bits per heavy atom. The van der Waals surface area contributed by atoms with Gasteiger partial charge in [0.2, 0.25) is 23.6 Å². The Kier molecular flexibility index (Phi) is 8.51. The molecule has 0 saturated carbocycles. The molecule has 35 heavy (non-hydrogen) atoms. The van der Waals surface area contributed by atoms with Gasteiger partial charge in [0.25, 0.3) is 0 Å². The summed E-state index contributed by atoms with van der Waals surface area (Å²) in [6.07, 6.45) is 0.345. The van der Waals surface area contributed by atoms with Crippen LogP contribution in [0.15, 0.2) is 0 Å². The number of rotatable bonds is 7. The van der Waals surface area contributed by atoms with E-state index in [0.29, 0.717) is 25.9 Å². The maximum atomic E-state index is 13.8. The second kappa shape index (κ2) is 10.9. The van der Waals surface area contributed by atoms with Crippen LogP contribution >= 0.6 is 23.5 Å². The van der Waals surface area contributed by atoms with Gasteiger partial charge < -0.3 is 31.3 Å². The van der Waals surface area contributed by atoms with Gasteiger partial charge in [0.15, 0.2) is 0 Å². The van der Waals surface area contributed by atoms with Crippen molar-refractivity contribution in [2.75, 3.05) is 31.7 Å². The van der Waals surface area contributed by atoms with Crippen molar-refractivity contribution in [1.82, 2.24) is 20.9 Å². The number of hydrogen-bond donors (Lipinski definition) is 4. The van der Waals surface area contributed by atoms with E-state index in [2.05, 4.69) is 16.0 Å². The number of methoxy groups -OCH3 is 1. The number of thioether (sulfide) groups is 2. The third kappa shape index (κ3) is 6.35. The van der Waals surface area contributed by atoms with Crippen molar-refractivity contribution in [3.63, 3.8) is 0 Å². The molecule has 3 saturated heterocycles. The number of primary amides is 1. The highest BCUT2D eigenvalue weighted by atomic mass is 32.2. The van der Waals surface area contributed by atoms with Gasteiger partial charge in [0.1, 0.15) is 18.1 Å². The number of nitrogens with two attached hydrogens (primary N) is 1. The average molecular weight is 530 g/mol. The van der Waals surface area contributed by atoms with Gasteiger partial charge in [-0.25, -0.2) is 4.79 Å². The number of alkyl carbamates (subject to hydrolysis) is 1. The van der Waals surface area contributed by atoms with Crippen LogP contribution in [-0.2, 0) is 23.9 Å². The second-order valence-corrected chi connectivity index (χ2v) is 13.4. The molecule has 0 aromatic carbocycles. The fourth-order valence-electron chi connectivity index (χ4n) is 4.67. The molecule has 0 aromatic rings. The number of likely N-dealkylation sites (tertiary alicyclic amines) is 1. The van der Waals surface area contributed by atoms with Crippen LogP contribution in [0.2, 0.25) is 0 Å². The number of carbonyl (C=O) groups excluding carboxylic acids is 5. The number of amides is 5.